The molecule has 0 aliphatic heterocycles. The number of aryl methyl sites for hydroxylation is 1. The van der Waals surface area contributed by atoms with Gasteiger partial charge in [0.2, 0.25) is 0 Å². The minimum atomic E-state index is -4.14. The van der Waals surface area contributed by atoms with Crippen molar-refractivity contribution in [1.29, 1.82) is 0 Å². The summed E-state index contributed by atoms with van der Waals surface area (Å²) < 4.78 is 41.1. The van der Waals surface area contributed by atoms with Crippen molar-refractivity contribution in [3.05, 3.63) is 17.8 Å². The zero-order valence-electron chi connectivity index (χ0n) is 9.81. The van der Waals surface area contributed by atoms with E-state index in [-0.39, 0.29) is 6.42 Å². The molecule has 1 N–H and O–H groups in total. The highest BCUT2D eigenvalue weighted by molar-refractivity contribution is 4.95. The number of rotatable bonds is 7. The maximum absolute atomic E-state index is 12.0. The molecule has 98 valence electrons. The number of alkyl halides is 3. The molecular formula is C11H17F3N2O. The predicted molar refractivity (Wildman–Crippen MR) is 57.7 cm³/mol. The van der Waals surface area contributed by atoms with Crippen LogP contribution in [-0.4, -0.2) is 24.2 Å². The van der Waals surface area contributed by atoms with Crippen LogP contribution in [0.5, 0.6) is 0 Å². The predicted octanol–water partition coefficient (Wildman–Crippen LogP) is 2.71. The number of nitrogens with zero attached hydrogens (tertiary/aromatic N) is 1. The Kier molecular flexibility index (Phi) is 5.47. The number of hydrogen-bond acceptors (Lipinski definition) is 3. The first-order valence-electron chi connectivity index (χ1n) is 5.72. The summed E-state index contributed by atoms with van der Waals surface area (Å²) in [7, 11) is 0. The van der Waals surface area contributed by atoms with Crippen LogP contribution in [0.3, 0.4) is 0 Å². The van der Waals surface area contributed by atoms with Gasteiger partial charge >= 0.3 is 6.18 Å². The van der Waals surface area contributed by atoms with E-state index in [4.69, 9.17) is 4.42 Å². The van der Waals surface area contributed by atoms with Gasteiger partial charge in [-0.05, 0) is 13.0 Å². The molecule has 0 aliphatic carbocycles. The molecule has 0 bridgehead atoms. The van der Waals surface area contributed by atoms with Gasteiger partial charge in [0.05, 0.1) is 12.6 Å². The van der Waals surface area contributed by atoms with Crippen molar-refractivity contribution >= 4 is 0 Å². The van der Waals surface area contributed by atoms with E-state index >= 15 is 0 Å². The van der Waals surface area contributed by atoms with Crippen molar-refractivity contribution in [2.45, 2.75) is 38.8 Å². The molecule has 1 aromatic rings. The zero-order chi connectivity index (χ0) is 12.7. The topological polar surface area (TPSA) is 38.1 Å². The molecule has 0 saturated carbocycles. The van der Waals surface area contributed by atoms with Crippen LogP contribution in [0.1, 0.15) is 31.4 Å². The number of oxazole rings is 1. The Bertz CT molecular complexity index is 323. The van der Waals surface area contributed by atoms with E-state index in [2.05, 4.69) is 17.2 Å². The Morgan fingerprint density at radius 2 is 2.06 bits per heavy atom. The lowest BCUT2D eigenvalue weighted by Crippen LogP contribution is -2.17. The van der Waals surface area contributed by atoms with Gasteiger partial charge in [0, 0.05) is 19.4 Å². The first kappa shape index (κ1) is 14.0. The van der Waals surface area contributed by atoms with Crippen molar-refractivity contribution in [2.75, 3.05) is 13.1 Å². The van der Waals surface area contributed by atoms with E-state index in [9.17, 15) is 13.2 Å². The normalized spacial score (nSPS) is 12.0. The Hall–Kier alpha value is -1.04. The molecule has 1 heterocycles. The van der Waals surface area contributed by atoms with Gasteiger partial charge in [-0.2, -0.15) is 13.2 Å². The molecule has 3 nitrogen and oxygen atoms in total. The van der Waals surface area contributed by atoms with E-state index in [0.717, 1.165) is 19.5 Å². The number of aromatic nitrogens is 1. The lowest BCUT2D eigenvalue weighted by molar-refractivity contribution is -0.134. The van der Waals surface area contributed by atoms with Crippen LogP contribution in [0.2, 0.25) is 0 Å². The van der Waals surface area contributed by atoms with E-state index in [1.807, 2.05) is 0 Å². The molecule has 0 aliphatic rings. The van der Waals surface area contributed by atoms with Crippen LogP contribution in [0.25, 0.3) is 0 Å². The zero-order valence-corrected chi connectivity index (χ0v) is 9.81. The molecule has 6 heteroatoms. The Morgan fingerprint density at radius 1 is 1.29 bits per heavy atom. The fourth-order valence-electron chi connectivity index (χ4n) is 1.34. The molecule has 0 atom stereocenters. The Labute approximate surface area is 98.4 Å². The van der Waals surface area contributed by atoms with Gasteiger partial charge in [0.1, 0.15) is 5.76 Å². The first-order valence-corrected chi connectivity index (χ1v) is 5.72. The maximum Gasteiger partial charge on any atom is 0.389 e. The molecule has 0 spiro atoms. The van der Waals surface area contributed by atoms with Crippen molar-refractivity contribution in [3.63, 3.8) is 0 Å². The van der Waals surface area contributed by atoms with Crippen molar-refractivity contribution in [2.24, 2.45) is 0 Å². The van der Waals surface area contributed by atoms with Crippen LogP contribution in [0.15, 0.2) is 10.6 Å². The van der Waals surface area contributed by atoms with Crippen molar-refractivity contribution in [3.8, 4) is 0 Å². The molecule has 0 aromatic carbocycles. The molecule has 0 unspecified atom stereocenters. The molecule has 0 saturated heterocycles. The molecule has 17 heavy (non-hydrogen) atoms. The highest BCUT2D eigenvalue weighted by atomic mass is 19.4. The molecular weight excluding hydrogens is 233 g/mol. The average molecular weight is 250 g/mol. The summed E-state index contributed by atoms with van der Waals surface area (Å²) in [6.45, 7) is 3.71. The van der Waals surface area contributed by atoms with Crippen LogP contribution in [-0.2, 0) is 12.8 Å². The summed E-state index contributed by atoms with van der Waals surface area (Å²) in [6, 6.07) is 0. The highest BCUT2D eigenvalue weighted by Gasteiger charge is 2.27. The summed E-state index contributed by atoms with van der Waals surface area (Å²) in [5.74, 6) is 0.790. The fraction of sp³-hybridized carbons (Fsp3) is 0.727. The summed E-state index contributed by atoms with van der Waals surface area (Å²) in [5, 5.41) is 3.17. The van der Waals surface area contributed by atoms with E-state index in [1.165, 1.54) is 6.20 Å². The van der Waals surface area contributed by atoms with Crippen LogP contribution < -0.4 is 5.32 Å². The van der Waals surface area contributed by atoms with Gasteiger partial charge in [-0.1, -0.05) is 6.92 Å². The average Bonchev–Trinajstić information content (AvgIpc) is 2.69. The Morgan fingerprint density at radius 3 is 2.71 bits per heavy atom. The minimum absolute atomic E-state index is 0.140. The SMILES string of the molecule is CCCNCCc1ncc(CCC(F)(F)F)o1. The summed E-state index contributed by atoms with van der Waals surface area (Å²) in [5.41, 5.74) is 0. The smallest absolute Gasteiger partial charge is 0.389 e. The van der Waals surface area contributed by atoms with Gasteiger partial charge < -0.3 is 9.73 Å². The van der Waals surface area contributed by atoms with Crippen LogP contribution in [0.4, 0.5) is 13.2 Å². The third-order valence-electron chi connectivity index (χ3n) is 2.20. The summed E-state index contributed by atoms with van der Waals surface area (Å²) in [4.78, 5) is 3.94. The number of halogens is 3. The van der Waals surface area contributed by atoms with E-state index in [0.29, 0.717) is 18.1 Å². The van der Waals surface area contributed by atoms with E-state index in [1.54, 1.807) is 0 Å². The number of nitrogens with one attached hydrogen (secondary N) is 1. The van der Waals surface area contributed by atoms with Crippen LogP contribution >= 0.6 is 0 Å². The van der Waals surface area contributed by atoms with Gasteiger partial charge in [-0.25, -0.2) is 4.98 Å². The fourth-order valence-corrected chi connectivity index (χ4v) is 1.34. The van der Waals surface area contributed by atoms with Crippen LogP contribution in [0, 0.1) is 0 Å². The number of hydrogen-bond donors (Lipinski definition) is 1. The molecule has 0 fully saturated rings. The lowest BCUT2D eigenvalue weighted by atomic mass is 10.2. The van der Waals surface area contributed by atoms with Gasteiger partial charge in [0.25, 0.3) is 0 Å². The summed E-state index contributed by atoms with van der Waals surface area (Å²) >= 11 is 0. The summed E-state index contributed by atoms with van der Waals surface area (Å²) in [6.07, 6.45) is -2.13. The minimum Gasteiger partial charge on any atom is -0.446 e. The van der Waals surface area contributed by atoms with Crippen molar-refractivity contribution < 1.29 is 17.6 Å². The molecule has 0 amide bonds. The van der Waals surface area contributed by atoms with Gasteiger partial charge in [-0.15, -0.1) is 0 Å². The molecule has 0 radical (unpaired) electrons. The Balaban J connectivity index is 2.28. The second kappa shape index (κ2) is 6.64. The molecule has 1 aromatic heterocycles. The standard InChI is InChI=1S/C11H17F3N2O/c1-2-6-15-7-4-10-16-8-9(17-10)3-5-11(12,13)14/h8,15H,2-7H2,1H3. The largest absolute Gasteiger partial charge is 0.446 e. The third kappa shape index (κ3) is 6.31. The second-order valence-electron chi connectivity index (χ2n) is 3.84. The van der Waals surface area contributed by atoms with E-state index < -0.39 is 12.6 Å². The lowest BCUT2D eigenvalue weighted by Gasteiger charge is -2.03. The van der Waals surface area contributed by atoms with Gasteiger partial charge in [-0.3, -0.25) is 0 Å². The second-order valence-corrected chi connectivity index (χ2v) is 3.84. The van der Waals surface area contributed by atoms with Gasteiger partial charge in [0.15, 0.2) is 5.89 Å². The van der Waals surface area contributed by atoms with Crippen molar-refractivity contribution in [1.82, 2.24) is 10.3 Å². The maximum atomic E-state index is 12.0. The highest BCUT2D eigenvalue weighted by Crippen LogP contribution is 2.22. The third-order valence-corrected chi connectivity index (χ3v) is 2.20. The molecule has 1 rings (SSSR count). The first-order chi connectivity index (χ1) is 8.01. The quantitative estimate of drug-likeness (QED) is 0.756. The monoisotopic (exact) mass is 250 g/mol.